The molecule has 0 N–H and O–H groups in total. The third kappa shape index (κ3) is 5.20. The molecule has 0 fully saturated rings. The number of hydrogen-bond donors (Lipinski definition) is 0. The van der Waals surface area contributed by atoms with Crippen molar-refractivity contribution in [1.29, 1.82) is 0 Å². The minimum Gasteiger partial charge on any atom is -0.309 e. The Bertz CT molecular complexity index is 3230. The lowest BCUT2D eigenvalue weighted by Crippen LogP contribution is -1.99. The molecule has 9 aromatic carbocycles. The van der Waals surface area contributed by atoms with E-state index in [1.54, 1.807) is 0 Å². The van der Waals surface area contributed by atoms with Crippen LogP contribution in [0.25, 0.3) is 105 Å². The highest BCUT2D eigenvalue weighted by molar-refractivity contribution is 6.15. The largest absolute Gasteiger partial charge is 0.309 e. The summed E-state index contributed by atoms with van der Waals surface area (Å²) < 4.78 is 2.43. The Kier molecular flexibility index (Phi) is 7.17. The van der Waals surface area contributed by atoms with E-state index >= 15 is 0 Å². The summed E-state index contributed by atoms with van der Waals surface area (Å²) in [6.45, 7) is 0. The fraction of sp³-hybridized carbons (Fsp3) is 0. The van der Waals surface area contributed by atoms with E-state index in [9.17, 15) is 0 Å². The normalized spacial score (nSPS) is 11.6. The van der Waals surface area contributed by atoms with E-state index in [0.29, 0.717) is 5.82 Å². The zero-order valence-electron chi connectivity index (χ0n) is 29.9. The van der Waals surface area contributed by atoms with Gasteiger partial charge in [0, 0.05) is 32.7 Å². The molecule has 0 amide bonds. The SMILES string of the molecule is c1ccc(-c2ccc(-c3nc(-c4ccc(-n5c6ccccc6c6cc7ccccc7cc65)c5ccccc45)nc4ccc(-c5ccccc5)cc34)cc2)cc1. The molecule has 256 valence electrons. The molecular weight excluding hydrogens is 667 g/mol. The molecule has 11 aromatic rings. The van der Waals surface area contributed by atoms with Crippen LogP contribution in [-0.2, 0) is 0 Å². The Labute approximate surface area is 318 Å². The molecule has 2 heterocycles. The van der Waals surface area contributed by atoms with Crippen LogP contribution >= 0.6 is 0 Å². The van der Waals surface area contributed by atoms with Crippen molar-refractivity contribution in [3.05, 3.63) is 200 Å². The van der Waals surface area contributed by atoms with Gasteiger partial charge in [-0.05, 0) is 80.9 Å². The lowest BCUT2D eigenvalue weighted by Gasteiger charge is -2.16. The van der Waals surface area contributed by atoms with Crippen LogP contribution in [0.5, 0.6) is 0 Å². The number of para-hydroxylation sites is 1. The highest BCUT2D eigenvalue weighted by atomic mass is 15.0. The van der Waals surface area contributed by atoms with Crippen molar-refractivity contribution in [2.24, 2.45) is 0 Å². The molecule has 0 atom stereocenters. The Morgan fingerprint density at radius 1 is 0.327 bits per heavy atom. The van der Waals surface area contributed by atoms with Crippen LogP contribution in [0.4, 0.5) is 0 Å². The third-order valence-electron chi connectivity index (χ3n) is 11.0. The maximum Gasteiger partial charge on any atom is 0.161 e. The van der Waals surface area contributed by atoms with E-state index in [-0.39, 0.29) is 0 Å². The first kappa shape index (κ1) is 31.2. The second kappa shape index (κ2) is 12.6. The molecule has 0 bridgehead atoms. The fourth-order valence-electron chi connectivity index (χ4n) is 8.32. The fourth-order valence-corrected chi connectivity index (χ4v) is 8.32. The van der Waals surface area contributed by atoms with Crippen LogP contribution in [-0.4, -0.2) is 14.5 Å². The van der Waals surface area contributed by atoms with E-state index in [1.165, 1.54) is 49.3 Å². The second-order valence-corrected chi connectivity index (χ2v) is 14.2. The summed E-state index contributed by atoms with van der Waals surface area (Å²) in [5, 5.41) is 8.24. The number of hydrogen-bond acceptors (Lipinski definition) is 2. The summed E-state index contributed by atoms with van der Waals surface area (Å²) in [5.41, 5.74) is 12.1. The first-order valence-electron chi connectivity index (χ1n) is 18.7. The molecule has 2 aromatic heterocycles. The molecular formula is C52H33N3. The van der Waals surface area contributed by atoms with Crippen LogP contribution < -0.4 is 0 Å². The van der Waals surface area contributed by atoms with Crippen molar-refractivity contribution in [2.75, 3.05) is 0 Å². The van der Waals surface area contributed by atoms with Crippen molar-refractivity contribution < 1.29 is 0 Å². The standard InChI is InChI=1S/C52H33N3/c1-3-13-34(14-4-1)36-23-25-37(26-24-36)51-46-32-40(35-15-5-2-6-16-35)27-29-47(46)53-52(54-51)44-28-30-49(42-20-10-9-19-41(42)44)55-48-22-12-11-21-43(48)45-31-38-17-7-8-18-39(38)33-50(45)55/h1-33H. The summed E-state index contributed by atoms with van der Waals surface area (Å²) >= 11 is 0. The molecule has 0 saturated heterocycles. The van der Waals surface area contributed by atoms with Crippen molar-refractivity contribution in [1.82, 2.24) is 14.5 Å². The molecule has 0 unspecified atom stereocenters. The van der Waals surface area contributed by atoms with Crippen LogP contribution in [0.15, 0.2) is 200 Å². The van der Waals surface area contributed by atoms with Gasteiger partial charge < -0.3 is 4.57 Å². The monoisotopic (exact) mass is 699 g/mol. The van der Waals surface area contributed by atoms with Crippen molar-refractivity contribution in [3.8, 4) is 50.6 Å². The minimum absolute atomic E-state index is 0.707. The van der Waals surface area contributed by atoms with E-state index in [1.807, 2.05) is 0 Å². The van der Waals surface area contributed by atoms with Gasteiger partial charge in [0.1, 0.15) is 0 Å². The van der Waals surface area contributed by atoms with Gasteiger partial charge >= 0.3 is 0 Å². The van der Waals surface area contributed by atoms with Crippen LogP contribution in [0.2, 0.25) is 0 Å². The molecule has 55 heavy (non-hydrogen) atoms. The molecule has 3 nitrogen and oxygen atoms in total. The Morgan fingerprint density at radius 3 is 1.67 bits per heavy atom. The van der Waals surface area contributed by atoms with Gasteiger partial charge in [0.15, 0.2) is 5.82 Å². The van der Waals surface area contributed by atoms with E-state index < -0.39 is 0 Å². The molecule has 0 saturated carbocycles. The molecule has 0 aliphatic carbocycles. The maximum absolute atomic E-state index is 5.44. The van der Waals surface area contributed by atoms with Gasteiger partial charge in [0.25, 0.3) is 0 Å². The van der Waals surface area contributed by atoms with Gasteiger partial charge in [-0.3, -0.25) is 0 Å². The molecule has 11 rings (SSSR count). The van der Waals surface area contributed by atoms with Crippen molar-refractivity contribution in [2.45, 2.75) is 0 Å². The van der Waals surface area contributed by atoms with E-state index in [2.05, 4.69) is 205 Å². The summed E-state index contributed by atoms with van der Waals surface area (Å²) in [4.78, 5) is 10.7. The predicted molar refractivity (Wildman–Crippen MR) is 231 cm³/mol. The number of benzene rings is 9. The van der Waals surface area contributed by atoms with Gasteiger partial charge in [-0.1, -0.05) is 158 Å². The molecule has 0 radical (unpaired) electrons. The van der Waals surface area contributed by atoms with Gasteiger partial charge in [-0.15, -0.1) is 0 Å². The zero-order valence-corrected chi connectivity index (χ0v) is 29.9. The van der Waals surface area contributed by atoms with Gasteiger partial charge in [-0.25, -0.2) is 9.97 Å². The summed E-state index contributed by atoms with van der Waals surface area (Å²) in [7, 11) is 0. The van der Waals surface area contributed by atoms with Crippen LogP contribution in [0.1, 0.15) is 0 Å². The van der Waals surface area contributed by atoms with Crippen LogP contribution in [0.3, 0.4) is 0 Å². The number of fused-ring (bicyclic) bond motifs is 6. The lowest BCUT2D eigenvalue weighted by atomic mass is 9.97. The zero-order chi connectivity index (χ0) is 36.3. The predicted octanol–water partition coefficient (Wildman–Crippen LogP) is 13.7. The maximum atomic E-state index is 5.44. The van der Waals surface area contributed by atoms with E-state index in [0.717, 1.165) is 49.7 Å². The first-order valence-corrected chi connectivity index (χ1v) is 18.7. The molecule has 0 aliphatic heterocycles. The second-order valence-electron chi connectivity index (χ2n) is 14.2. The average molecular weight is 700 g/mol. The third-order valence-corrected chi connectivity index (χ3v) is 11.0. The molecule has 0 aliphatic rings. The highest BCUT2D eigenvalue weighted by Gasteiger charge is 2.19. The van der Waals surface area contributed by atoms with E-state index in [4.69, 9.17) is 9.97 Å². The van der Waals surface area contributed by atoms with Gasteiger partial charge in [-0.2, -0.15) is 0 Å². The quantitative estimate of drug-likeness (QED) is 0.179. The summed E-state index contributed by atoms with van der Waals surface area (Å²) in [5.74, 6) is 0.707. The number of nitrogens with zero attached hydrogens (tertiary/aromatic N) is 3. The van der Waals surface area contributed by atoms with Crippen molar-refractivity contribution >= 4 is 54.3 Å². The lowest BCUT2D eigenvalue weighted by molar-refractivity contribution is 1.19. The van der Waals surface area contributed by atoms with Crippen molar-refractivity contribution in [3.63, 3.8) is 0 Å². The van der Waals surface area contributed by atoms with Gasteiger partial charge in [0.2, 0.25) is 0 Å². The average Bonchev–Trinajstić information content (AvgIpc) is 3.58. The minimum atomic E-state index is 0.707. The molecule has 3 heteroatoms. The smallest absolute Gasteiger partial charge is 0.161 e. The number of rotatable bonds is 5. The Hall–Kier alpha value is -7.36. The number of aromatic nitrogens is 3. The van der Waals surface area contributed by atoms with Gasteiger partial charge in [0.05, 0.1) is 27.9 Å². The Morgan fingerprint density at radius 2 is 0.909 bits per heavy atom. The molecule has 0 spiro atoms. The first-order chi connectivity index (χ1) is 27.3. The summed E-state index contributed by atoms with van der Waals surface area (Å²) in [6.07, 6.45) is 0. The highest BCUT2D eigenvalue weighted by Crippen LogP contribution is 2.40. The summed E-state index contributed by atoms with van der Waals surface area (Å²) in [6, 6.07) is 71.5. The topological polar surface area (TPSA) is 30.7 Å². The Balaban J connectivity index is 1.13. The van der Waals surface area contributed by atoms with Crippen LogP contribution in [0, 0.1) is 0 Å².